The molecule has 1 aromatic heterocycles. The minimum atomic E-state index is -0.460. The second-order valence-corrected chi connectivity index (χ2v) is 3.52. The van der Waals surface area contributed by atoms with Crippen LogP contribution in [0.4, 0.5) is 0 Å². The van der Waals surface area contributed by atoms with Crippen molar-refractivity contribution in [1.29, 1.82) is 0 Å². The molecule has 0 saturated heterocycles. The highest BCUT2D eigenvalue weighted by molar-refractivity contribution is 5.90. The van der Waals surface area contributed by atoms with Crippen molar-refractivity contribution in [2.24, 2.45) is 5.84 Å². The molecular weight excluding hydrogens is 224 g/mol. The van der Waals surface area contributed by atoms with E-state index in [9.17, 15) is 4.79 Å². The maximum absolute atomic E-state index is 11.1. The maximum Gasteiger partial charge on any atom is 0.300 e. The maximum atomic E-state index is 11.1. The Kier molecular flexibility index (Phi) is 5.68. The molecule has 1 rings (SSSR count). The summed E-state index contributed by atoms with van der Waals surface area (Å²) in [7, 11) is 0. The fraction of sp³-hybridized carbons (Fsp3) is 0.545. The monoisotopic (exact) mass is 242 g/mol. The Labute approximate surface area is 100 Å². The predicted octanol–water partition coefficient (Wildman–Crippen LogP) is 0.825. The molecule has 6 nitrogen and oxygen atoms in total. The summed E-state index contributed by atoms with van der Waals surface area (Å²) in [5.41, 5.74) is 1.99. The molecule has 0 aromatic carbocycles. The lowest BCUT2D eigenvalue weighted by Crippen LogP contribution is -2.29. The van der Waals surface area contributed by atoms with E-state index in [4.69, 9.17) is 19.7 Å². The van der Waals surface area contributed by atoms with E-state index in [0.717, 1.165) is 0 Å². The third-order valence-electron chi connectivity index (χ3n) is 2.08. The average molecular weight is 242 g/mol. The number of carbonyl (C=O) groups excluding carboxylic acids is 1. The molecule has 96 valence electrons. The highest BCUT2D eigenvalue weighted by Crippen LogP contribution is 2.10. The van der Waals surface area contributed by atoms with Crippen molar-refractivity contribution in [3.05, 3.63) is 23.7 Å². The number of nitrogens with one attached hydrogen (secondary N) is 1. The first kappa shape index (κ1) is 13.7. The average Bonchev–Trinajstić information content (AvgIpc) is 2.81. The number of amides is 1. The van der Waals surface area contributed by atoms with Gasteiger partial charge in [0, 0.05) is 6.61 Å². The Hall–Kier alpha value is -1.37. The molecule has 1 heterocycles. The van der Waals surface area contributed by atoms with Gasteiger partial charge in [-0.1, -0.05) is 0 Å². The molecule has 0 bridgehead atoms. The van der Waals surface area contributed by atoms with Gasteiger partial charge in [0.2, 0.25) is 0 Å². The van der Waals surface area contributed by atoms with Crippen LogP contribution in [-0.2, 0) is 16.1 Å². The van der Waals surface area contributed by atoms with Crippen molar-refractivity contribution in [2.45, 2.75) is 26.6 Å². The van der Waals surface area contributed by atoms with Crippen LogP contribution >= 0.6 is 0 Å². The van der Waals surface area contributed by atoms with E-state index in [0.29, 0.717) is 25.6 Å². The van der Waals surface area contributed by atoms with E-state index < -0.39 is 5.91 Å². The summed E-state index contributed by atoms with van der Waals surface area (Å²) >= 11 is 0. The van der Waals surface area contributed by atoms with E-state index in [1.807, 2.05) is 19.3 Å². The Bertz CT molecular complexity index is 351. The van der Waals surface area contributed by atoms with E-state index in [2.05, 4.69) is 0 Å². The normalized spacial score (nSPS) is 12.4. The summed E-state index contributed by atoms with van der Waals surface area (Å²) in [5.74, 6) is 5.27. The van der Waals surface area contributed by atoms with Gasteiger partial charge in [0.05, 0.1) is 12.7 Å². The van der Waals surface area contributed by atoms with Crippen LogP contribution in [-0.4, -0.2) is 25.2 Å². The van der Waals surface area contributed by atoms with E-state index in [-0.39, 0.29) is 11.9 Å². The number of hydrazine groups is 1. The molecular formula is C11H18N2O4. The molecule has 0 radical (unpaired) electrons. The standard InChI is InChI=1S/C11H18N2O4/c1-3-15-6-8(2)16-7-9-4-5-10(17-9)11(14)13-12/h4-5,8H,3,6-7,12H2,1-2H3,(H,13,14). The van der Waals surface area contributed by atoms with Gasteiger partial charge in [-0.05, 0) is 26.0 Å². The molecule has 0 aliphatic rings. The van der Waals surface area contributed by atoms with Crippen molar-refractivity contribution in [1.82, 2.24) is 5.43 Å². The highest BCUT2D eigenvalue weighted by atomic mass is 16.5. The van der Waals surface area contributed by atoms with Gasteiger partial charge in [-0.2, -0.15) is 0 Å². The number of ether oxygens (including phenoxy) is 2. The molecule has 1 amide bonds. The van der Waals surface area contributed by atoms with Gasteiger partial charge >= 0.3 is 5.91 Å². The molecule has 3 N–H and O–H groups in total. The van der Waals surface area contributed by atoms with Crippen molar-refractivity contribution in [2.75, 3.05) is 13.2 Å². The fourth-order valence-corrected chi connectivity index (χ4v) is 1.20. The van der Waals surface area contributed by atoms with Gasteiger partial charge in [-0.25, -0.2) is 5.84 Å². The molecule has 1 atom stereocenters. The zero-order valence-electron chi connectivity index (χ0n) is 10.1. The number of hydrogen-bond donors (Lipinski definition) is 2. The number of nitrogens with two attached hydrogens (primary N) is 1. The van der Waals surface area contributed by atoms with Crippen LogP contribution < -0.4 is 11.3 Å². The number of furan rings is 1. The zero-order chi connectivity index (χ0) is 12.7. The van der Waals surface area contributed by atoms with Gasteiger partial charge in [0.15, 0.2) is 5.76 Å². The number of nitrogen functional groups attached to an aromatic ring is 1. The largest absolute Gasteiger partial charge is 0.453 e. The lowest BCUT2D eigenvalue weighted by atomic mass is 10.4. The van der Waals surface area contributed by atoms with Crippen molar-refractivity contribution in [3.63, 3.8) is 0 Å². The molecule has 0 aliphatic carbocycles. The first-order valence-electron chi connectivity index (χ1n) is 5.46. The topological polar surface area (TPSA) is 86.7 Å². The Balaban J connectivity index is 2.36. The number of hydrogen-bond acceptors (Lipinski definition) is 5. The smallest absolute Gasteiger partial charge is 0.300 e. The zero-order valence-corrected chi connectivity index (χ0v) is 10.1. The van der Waals surface area contributed by atoms with Crippen molar-refractivity contribution >= 4 is 5.91 Å². The molecule has 1 aromatic rings. The minimum absolute atomic E-state index is 0.0214. The molecule has 0 fully saturated rings. The summed E-state index contributed by atoms with van der Waals surface area (Å²) in [6.45, 7) is 5.33. The van der Waals surface area contributed by atoms with Crippen LogP contribution in [0.5, 0.6) is 0 Å². The highest BCUT2D eigenvalue weighted by Gasteiger charge is 2.10. The second-order valence-electron chi connectivity index (χ2n) is 3.52. The van der Waals surface area contributed by atoms with Gasteiger partial charge in [-0.3, -0.25) is 10.2 Å². The Morgan fingerprint density at radius 3 is 3.00 bits per heavy atom. The summed E-state index contributed by atoms with van der Waals surface area (Å²) in [6, 6.07) is 3.23. The van der Waals surface area contributed by atoms with Crippen LogP contribution in [0.15, 0.2) is 16.5 Å². The van der Waals surface area contributed by atoms with Gasteiger partial charge in [0.25, 0.3) is 0 Å². The first-order chi connectivity index (χ1) is 8.17. The third kappa shape index (κ3) is 4.56. The number of rotatable bonds is 7. The SMILES string of the molecule is CCOCC(C)OCc1ccc(C(=O)NN)o1. The molecule has 0 aliphatic heterocycles. The van der Waals surface area contributed by atoms with Gasteiger partial charge in [0.1, 0.15) is 12.4 Å². The Morgan fingerprint density at radius 1 is 1.59 bits per heavy atom. The summed E-state index contributed by atoms with van der Waals surface area (Å²) in [5, 5.41) is 0. The lowest BCUT2D eigenvalue weighted by Gasteiger charge is -2.11. The van der Waals surface area contributed by atoms with Crippen LogP contribution in [0.2, 0.25) is 0 Å². The number of carbonyl (C=O) groups is 1. The van der Waals surface area contributed by atoms with Crippen LogP contribution in [0.3, 0.4) is 0 Å². The molecule has 1 unspecified atom stereocenters. The van der Waals surface area contributed by atoms with E-state index in [1.165, 1.54) is 0 Å². The lowest BCUT2D eigenvalue weighted by molar-refractivity contribution is -0.0172. The van der Waals surface area contributed by atoms with Crippen molar-refractivity contribution in [3.8, 4) is 0 Å². The minimum Gasteiger partial charge on any atom is -0.453 e. The second kappa shape index (κ2) is 7.05. The summed E-state index contributed by atoms with van der Waals surface area (Å²) in [6.07, 6.45) is -0.0214. The molecule has 17 heavy (non-hydrogen) atoms. The van der Waals surface area contributed by atoms with Crippen molar-refractivity contribution < 1.29 is 18.7 Å². The van der Waals surface area contributed by atoms with E-state index in [1.54, 1.807) is 12.1 Å². The van der Waals surface area contributed by atoms with Gasteiger partial charge < -0.3 is 13.9 Å². The fourth-order valence-electron chi connectivity index (χ4n) is 1.20. The van der Waals surface area contributed by atoms with Crippen LogP contribution in [0.25, 0.3) is 0 Å². The van der Waals surface area contributed by atoms with Crippen LogP contribution in [0.1, 0.15) is 30.2 Å². The van der Waals surface area contributed by atoms with Gasteiger partial charge in [-0.15, -0.1) is 0 Å². The molecule has 0 spiro atoms. The summed E-state index contributed by atoms with van der Waals surface area (Å²) < 4.78 is 15.9. The first-order valence-corrected chi connectivity index (χ1v) is 5.46. The molecule has 0 saturated carbocycles. The van der Waals surface area contributed by atoms with Crippen LogP contribution in [0, 0.1) is 0 Å². The summed E-state index contributed by atoms with van der Waals surface area (Å²) in [4.78, 5) is 11.1. The quantitative estimate of drug-likeness (QED) is 0.420. The van der Waals surface area contributed by atoms with E-state index >= 15 is 0 Å². The predicted molar refractivity (Wildman–Crippen MR) is 61.1 cm³/mol. The molecule has 6 heteroatoms. The third-order valence-corrected chi connectivity index (χ3v) is 2.08. The Morgan fingerprint density at radius 2 is 2.35 bits per heavy atom.